The van der Waals surface area contributed by atoms with Crippen LogP contribution < -0.4 is 10.6 Å². The standard InChI is InChI=1S/C22H27N5O2/c1-13-4-3-5-18(14(13)2)25-20-19(27(28)29)21(24-12-23-20)26-22-9-15-6-16(10-22)8-17(7-15)11-22/h3-5,12,15-17H,6-11H2,1-2H3,(H2,23,24,25,26). The molecule has 4 aliphatic rings. The Morgan fingerprint density at radius 2 is 1.66 bits per heavy atom. The molecule has 4 fully saturated rings. The van der Waals surface area contributed by atoms with Gasteiger partial charge in [-0.15, -0.1) is 0 Å². The quantitative estimate of drug-likeness (QED) is 0.540. The van der Waals surface area contributed by atoms with Crippen molar-refractivity contribution in [2.24, 2.45) is 17.8 Å². The molecule has 2 N–H and O–H groups in total. The van der Waals surface area contributed by atoms with Gasteiger partial charge in [-0.1, -0.05) is 12.1 Å². The minimum absolute atomic E-state index is 0.0512. The normalized spacial score (nSPS) is 29.7. The summed E-state index contributed by atoms with van der Waals surface area (Å²) in [6, 6.07) is 5.88. The van der Waals surface area contributed by atoms with E-state index >= 15 is 0 Å². The van der Waals surface area contributed by atoms with E-state index in [1.54, 1.807) is 0 Å². The Morgan fingerprint density at radius 3 is 2.28 bits per heavy atom. The van der Waals surface area contributed by atoms with Crippen LogP contribution in [0.1, 0.15) is 49.7 Å². The first kappa shape index (κ1) is 18.3. The summed E-state index contributed by atoms with van der Waals surface area (Å²) in [5, 5.41) is 18.8. The van der Waals surface area contributed by atoms with Crippen LogP contribution in [0.25, 0.3) is 0 Å². The highest BCUT2D eigenvalue weighted by molar-refractivity contribution is 5.75. The summed E-state index contributed by atoms with van der Waals surface area (Å²) in [6.45, 7) is 4.02. The Kier molecular flexibility index (Phi) is 4.22. The number of anilines is 3. The Labute approximate surface area is 170 Å². The molecule has 152 valence electrons. The lowest BCUT2D eigenvalue weighted by molar-refractivity contribution is -0.383. The van der Waals surface area contributed by atoms with Crippen molar-refractivity contribution in [2.75, 3.05) is 10.6 Å². The predicted molar refractivity (Wildman–Crippen MR) is 112 cm³/mol. The van der Waals surface area contributed by atoms with Gasteiger partial charge in [0, 0.05) is 11.2 Å². The van der Waals surface area contributed by atoms with Gasteiger partial charge in [0.1, 0.15) is 6.33 Å². The summed E-state index contributed by atoms with van der Waals surface area (Å²) in [5.74, 6) is 2.84. The smallest absolute Gasteiger partial charge is 0.353 e. The molecule has 7 heteroatoms. The molecule has 2 aromatic rings. The van der Waals surface area contributed by atoms with Crippen LogP contribution in [-0.4, -0.2) is 20.4 Å². The zero-order valence-corrected chi connectivity index (χ0v) is 16.9. The van der Waals surface area contributed by atoms with E-state index in [2.05, 4.69) is 20.6 Å². The molecule has 4 saturated carbocycles. The fourth-order valence-electron chi connectivity index (χ4n) is 6.26. The summed E-state index contributed by atoms with van der Waals surface area (Å²) in [6.07, 6.45) is 8.69. The van der Waals surface area contributed by atoms with Crippen LogP contribution in [0.15, 0.2) is 24.5 Å². The van der Waals surface area contributed by atoms with Crippen LogP contribution in [0, 0.1) is 41.7 Å². The van der Waals surface area contributed by atoms with Crippen LogP contribution in [0.2, 0.25) is 0 Å². The average molecular weight is 393 g/mol. The Morgan fingerprint density at radius 1 is 1.03 bits per heavy atom. The van der Waals surface area contributed by atoms with Gasteiger partial charge in [0.25, 0.3) is 0 Å². The highest BCUT2D eigenvalue weighted by Gasteiger charge is 2.51. The van der Waals surface area contributed by atoms with Gasteiger partial charge >= 0.3 is 5.69 Å². The number of hydrogen-bond donors (Lipinski definition) is 2. The second-order valence-electron chi connectivity index (χ2n) is 9.37. The molecular formula is C22H27N5O2. The van der Waals surface area contributed by atoms with Gasteiger partial charge in [-0.2, -0.15) is 0 Å². The van der Waals surface area contributed by atoms with Crippen molar-refractivity contribution in [3.05, 3.63) is 45.8 Å². The van der Waals surface area contributed by atoms with Crippen molar-refractivity contribution in [1.82, 2.24) is 9.97 Å². The summed E-state index contributed by atoms with van der Waals surface area (Å²) < 4.78 is 0. The summed E-state index contributed by atoms with van der Waals surface area (Å²) in [4.78, 5) is 20.2. The van der Waals surface area contributed by atoms with Crippen LogP contribution in [0.5, 0.6) is 0 Å². The lowest BCUT2D eigenvalue weighted by Gasteiger charge is -2.57. The van der Waals surface area contributed by atoms with Crippen molar-refractivity contribution in [3.8, 4) is 0 Å². The van der Waals surface area contributed by atoms with Gasteiger partial charge in [0.15, 0.2) is 0 Å². The fourth-order valence-corrected chi connectivity index (χ4v) is 6.26. The van der Waals surface area contributed by atoms with Gasteiger partial charge in [-0.3, -0.25) is 10.1 Å². The molecule has 0 radical (unpaired) electrons. The number of nitrogens with zero attached hydrogens (tertiary/aromatic N) is 3. The van der Waals surface area contributed by atoms with E-state index in [4.69, 9.17) is 0 Å². The lowest BCUT2D eigenvalue weighted by atomic mass is 9.53. The van der Waals surface area contributed by atoms with E-state index in [0.717, 1.165) is 53.8 Å². The third-order valence-electron chi connectivity index (χ3n) is 7.28. The SMILES string of the molecule is Cc1cccc(Nc2ncnc(NC34CC5CC(CC(C5)C3)C4)c2[N+](=O)[O-])c1C. The zero-order valence-electron chi connectivity index (χ0n) is 16.9. The molecule has 0 atom stereocenters. The molecule has 0 saturated heterocycles. The van der Waals surface area contributed by atoms with Gasteiger partial charge in [0.2, 0.25) is 11.6 Å². The number of aromatic nitrogens is 2. The van der Waals surface area contributed by atoms with Crippen LogP contribution >= 0.6 is 0 Å². The number of rotatable bonds is 5. The van der Waals surface area contributed by atoms with Crippen LogP contribution in [-0.2, 0) is 0 Å². The first-order valence-corrected chi connectivity index (χ1v) is 10.5. The molecule has 0 amide bonds. The highest BCUT2D eigenvalue weighted by atomic mass is 16.6. The highest BCUT2D eigenvalue weighted by Crippen LogP contribution is 2.57. The fraction of sp³-hybridized carbons (Fsp3) is 0.545. The first-order chi connectivity index (χ1) is 13.9. The number of benzene rings is 1. The van der Waals surface area contributed by atoms with Crippen molar-refractivity contribution < 1.29 is 4.92 Å². The van der Waals surface area contributed by atoms with Gasteiger partial charge < -0.3 is 10.6 Å². The van der Waals surface area contributed by atoms with E-state index in [0.29, 0.717) is 5.82 Å². The maximum Gasteiger partial charge on any atom is 0.353 e. The summed E-state index contributed by atoms with van der Waals surface area (Å²) >= 11 is 0. The summed E-state index contributed by atoms with van der Waals surface area (Å²) in [5.41, 5.74) is 2.89. The van der Waals surface area contributed by atoms with E-state index in [1.165, 1.54) is 25.6 Å². The molecule has 4 aliphatic carbocycles. The molecule has 1 heterocycles. The van der Waals surface area contributed by atoms with Gasteiger partial charge in [-0.05, 0) is 87.3 Å². The number of nitro groups is 1. The first-order valence-electron chi connectivity index (χ1n) is 10.5. The third-order valence-corrected chi connectivity index (χ3v) is 7.28. The zero-order chi connectivity index (χ0) is 20.2. The van der Waals surface area contributed by atoms with E-state index in [9.17, 15) is 10.1 Å². The topological polar surface area (TPSA) is 93.0 Å². The minimum Gasteiger partial charge on any atom is -0.359 e. The molecular weight excluding hydrogens is 366 g/mol. The third kappa shape index (κ3) is 3.22. The monoisotopic (exact) mass is 393 g/mol. The lowest BCUT2D eigenvalue weighted by Crippen LogP contribution is -2.55. The van der Waals surface area contributed by atoms with Gasteiger partial charge in [0.05, 0.1) is 4.92 Å². The Balaban J connectivity index is 1.49. The molecule has 7 nitrogen and oxygen atoms in total. The van der Waals surface area contributed by atoms with E-state index in [-0.39, 0.29) is 22.0 Å². The van der Waals surface area contributed by atoms with Crippen molar-refractivity contribution >= 4 is 23.0 Å². The molecule has 1 aromatic heterocycles. The van der Waals surface area contributed by atoms with E-state index in [1.807, 2.05) is 32.0 Å². The second kappa shape index (κ2) is 6.68. The Hall–Kier alpha value is -2.70. The average Bonchev–Trinajstić information content (AvgIpc) is 2.64. The number of hydrogen-bond acceptors (Lipinski definition) is 6. The molecule has 29 heavy (non-hydrogen) atoms. The maximum absolute atomic E-state index is 12.0. The van der Waals surface area contributed by atoms with E-state index < -0.39 is 0 Å². The van der Waals surface area contributed by atoms with Crippen molar-refractivity contribution in [2.45, 2.75) is 57.9 Å². The van der Waals surface area contributed by atoms with Gasteiger partial charge in [-0.25, -0.2) is 9.97 Å². The van der Waals surface area contributed by atoms with Crippen molar-refractivity contribution in [1.29, 1.82) is 0 Å². The minimum atomic E-state index is -0.365. The predicted octanol–water partition coefficient (Wildman–Crippen LogP) is 5.13. The molecule has 6 rings (SSSR count). The molecule has 0 spiro atoms. The molecule has 4 bridgehead atoms. The molecule has 1 aromatic carbocycles. The molecule has 0 aliphatic heterocycles. The molecule has 0 unspecified atom stereocenters. The summed E-state index contributed by atoms with van der Waals surface area (Å²) in [7, 11) is 0. The number of nitrogens with one attached hydrogen (secondary N) is 2. The van der Waals surface area contributed by atoms with Crippen LogP contribution in [0.4, 0.5) is 23.0 Å². The van der Waals surface area contributed by atoms with Crippen LogP contribution in [0.3, 0.4) is 0 Å². The maximum atomic E-state index is 12.0. The largest absolute Gasteiger partial charge is 0.359 e. The Bertz CT molecular complexity index is 938. The second-order valence-corrected chi connectivity index (χ2v) is 9.37. The number of aryl methyl sites for hydroxylation is 1. The van der Waals surface area contributed by atoms with Crippen molar-refractivity contribution in [3.63, 3.8) is 0 Å².